The Bertz CT molecular complexity index is 293. The fraction of sp³-hybridized carbons (Fsp3) is 0.600. The van der Waals surface area contributed by atoms with Crippen molar-refractivity contribution >= 4 is 12.1 Å². The van der Waals surface area contributed by atoms with Crippen molar-refractivity contribution in [2.24, 2.45) is 0 Å². The van der Waals surface area contributed by atoms with E-state index in [1.807, 2.05) is 0 Å². The SMILES string of the molecule is CC(C)(C)OC(=O)NCC#CCC(=O)O. The lowest BCUT2D eigenvalue weighted by molar-refractivity contribution is -0.135. The van der Waals surface area contributed by atoms with Crippen LogP contribution in [0.2, 0.25) is 0 Å². The molecule has 1 amide bonds. The Kier molecular flexibility index (Phi) is 5.24. The Morgan fingerprint density at radius 3 is 2.40 bits per heavy atom. The molecule has 0 aliphatic rings. The van der Waals surface area contributed by atoms with Crippen molar-refractivity contribution in [2.75, 3.05) is 6.54 Å². The van der Waals surface area contributed by atoms with E-state index in [-0.39, 0.29) is 13.0 Å². The zero-order valence-electron chi connectivity index (χ0n) is 9.09. The molecule has 0 aromatic carbocycles. The number of hydrogen-bond donors (Lipinski definition) is 2. The molecule has 0 aliphatic heterocycles. The van der Waals surface area contributed by atoms with Crippen LogP contribution in [0.25, 0.3) is 0 Å². The molecular weight excluding hydrogens is 198 g/mol. The van der Waals surface area contributed by atoms with E-state index in [1.54, 1.807) is 20.8 Å². The number of carboxylic acids is 1. The van der Waals surface area contributed by atoms with Crippen LogP contribution in [0, 0.1) is 11.8 Å². The van der Waals surface area contributed by atoms with Gasteiger partial charge in [0.1, 0.15) is 12.0 Å². The van der Waals surface area contributed by atoms with Crippen LogP contribution in [0.15, 0.2) is 0 Å². The molecule has 15 heavy (non-hydrogen) atoms. The van der Waals surface area contributed by atoms with Crippen molar-refractivity contribution in [3.63, 3.8) is 0 Å². The molecule has 0 atom stereocenters. The normalized spacial score (nSPS) is 9.80. The van der Waals surface area contributed by atoms with E-state index in [9.17, 15) is 9.59 Å². The molecular formula is C10H15NO4. The van der Waals surface area contributed by atoms with Gasteiger partial charge in [0.2, 0.25) is 0 Å². The van der Waals surface area contributed by atoms with E-state index in [0.717, 1.165) is 0 Å². The van der Waals surface area contributed by atoms with Gasteiger partial charge in [-0.05, 0) is 20.8 Å². The molecule has 5 heteroatoms. The fourth-order valence-corrected chi connectivity index (χ4v) is 0.631. The van der Waals surface area contributed by atoms with E-state index in [4.69, 9.17) is 9.84 Å². The van der Waals surface area contributed by atoms with Gasteiger partial charge in [-0.3, -0.25) is 4.79 Å². The molecule has 0 aromatic rings. The van der Waals surface area contributed by atoms with Gasteiger partial charge in [-0.1, -0.05) is 11.8 Å². The van der Waals surface area contributed by atoms with Crippen LogP contribution < -0.4 is 5.32 Å². The number of ether oxygens (including phenoxy) is 1. The summed E-state index contributed by atoms with van der Waals surface area (Å²) in [6.45, 7) is 5.34. The lowest BCUT2D eigenvalue weighted by atomic mass is 10.2. The van der Waals surface area contributed by atoms with Crippen LogP contribution in [0.3, 0.4) is 0 Å². The molecule has 0 saturated carbocycles. The second kappa shape index (κ2) is 5.91. The van der Waals surface area contributed by atoms with Crippen molar-refractivity contribution in [1.29, 1.82) is 0 Å². The highest BCUT2D eigenvalue weighted by molar-refractivity contribution is 5.70. The van der Waals surface area contributed by atoms with Gasteiger partial charge in [0.15, 0.2) is 0 Å². The topological polar surface area (TPSA) is 75.6 Å². The molecule has 0 fully saturated rings. The van der Waals surface area contributed by atoms with Gasteiger partial charge in [0, 0.05) is 0 Å². The second-order valence-electron chi connectivity index (χ2n) is 3.78. The lowest BCUT2D eigenvalue weighted by Gasteiger charge is -2.18. The third-order valence-electron chi connectivity index (χ3n) is 1.08. The number of rotatable bonds is 2. The van der Waals surface area contributed by atoms with Gasteiger partial charge in [-0.2, -0.15) is 0 Å². The summed E-state index contributed by atoms with van der Waals surface area (Å²) in [5.74, 6) is 3.89. The molecule has 0 aromatic heterocycles. The third-order valence-corrected chi connectivity index (χ3v) is 1.08. The number of carbonyl (C=O) groups is 2. The summed E-state index contributed by atoms with van der Waals surface area (Å²) < 4.78 is 4.93. The second-order valence-corrected chi connectivity index (χ2v) is 3.78. The summed E-state index contributed by atoms with van der Waals surface area (Å²) >= 11 is 0. The standard InChI is InChI=1S/C10H15NO4/c1-10(2,3)15-9(14)11-7-5-4-6-8(12)13/h6-7H2,1-3H3,(H,11,14)(H,12,13). The van der Waals surface area contributed by atoms with Crippen molar-refractivity contribution in [3.8, 4) is 11.8 Å². The van der Waals surface area contributed by atoms with E-state index >= 15 is 0 Å². The summed E-state index contributed by atoms with van der Waals surface area (Å²) in [6, 6.07) is 0. The quantitative estimate of drug-likeness (QED) is 0.671. The van der Waals surface area contributed by atoms with Gasteiger partial charge < -0.3 is 15.2 Å². The summed E-state index contributed by atoms with van der Waals surface area (Å²) in [4.78, 5) is 21.1. The molecule has 0 aliphatic carbocycles. The van der Waals surface area contributed by atoms with E-state index in [1.165, 1.54) is 0 Å². The summed E-state index contributed by atoms with van der Waals surface area (Å²) in [5, 5.41) is 10.6. The van der Waals surface area contributed by atoms with Crippen molar-refractivity contribution in [2.45, 2.75) is 32.8 Å². The van der Waals surface area contributed by atoms with Crippen molar-refractivity contribution < 1.29 is 19.4 Å². The minimum Gasteiger partial charge on any atom is -0.481 e. The Labute approximate surface area is 88.8 Å². The monoisotopic (exact) mass is 213 g/mol. The molecule has 0 bridgehead atoms. The third kappa shape index (κ3) is 10.2. The Morgan fingerprint density at radius 1 is 1.33 bits per heavy atom. The Balaban J connectivity index is 3.72. The van der Waals surface area contributed by atoms with Gasteiger partial charge in [0.25, 0.3) is 0 Å². The number of nitrogens with one attached hydrogen (secondary N) is 1. The zero-order chi connectivity index (χ0) is 11.9. The number of hydrogen-bond acceptors (Lipinski definition) is 3. The van der Waals surface area contributed by atoms with Gasteiger partial charge >= 0.3 is 12.1 Å². The van der Waals surface area contributed by atoms with Gasteiger partial charge in [0.05, 0.1) is 6.54 Å². The Hall–Kier alpha value is -1.70. The first-order valence-corrected chi connectivity index (χ1v) is 4.45. The maximum atomic E-state index is 11.0. The number of aliphatic carboxylic acids is 1. The maximum absolute atomic E-state index is 11.0. The van der Waals surface area contributed by atoms with Crippen LogP contribution in [-0.4, -0.2) is 29.3 Å². The molecule has 0 unspecified atom stereocenters. The highest BCUT2D eigenvalue weighted by atomic mass is 16.6. The largest absolute Gasteiger partial charge is 0.481 e. The number of alkyl carbamates (subject to hydrolysis) is 1. The van der Waals surface area contributed by atoms with Crippen LogP contribution in [0.4, 0.5) is 4.79 Å². The molecule has 0 rings (SSSR count). The first-order chi connectivity index (χ1) is 6.81. The minimum atomic E-state index is -0.986. The molecule has 84 valence electrons. The highest BCUT2D eigenvalue weighted by Crippen LogP contribution is 2.05. The predicted octanol–water partition coefficient (Wildman–Crippen LogP) is 0.989. The summed E-state index contributed by atoms with van der Waals surface area (Å²) in [7, 11) is 0. The zero-order valence-corrected chi connectivity index (χ0v) is 9.09. The van der Waals surface area contributed by atoms with Gasteiger partial charge in [-0.15, -0.1) is 0 Å². The van der Waals surface area contributed by atoms with Crippen LogP contribution in [0.5, 0.6) is 0 Å². The van der Waals surface area contributed by atoms with Crippen LogP contribution in [-0.2, 0) is 9.53 Å². The summed E-state index contributed by atoms with van der Waals surface area (Å²) in [5.41, 5.74) is -0.543. The minimum absolute atomic E-state index is 0.0855. The predicted molar refractivity (Wildman–Crippen MR) is 54.3 cm³/mol. The average molecular weight is 213 g/mol. The molecule has 2 N–H and O–H groups in total. The molecule has 0 saturated heterocycles. The first-order valence-electron chi connectivity index (χ1n) is 4.45. The smallest absolute Gasteiger partial charge is 0.408 e. The lowest BCUT2D eigenvalue weighted by Crippen LogP contribution is -2.32. The van der Waals surface area contributed by atoms with Crippen LogP contribution in [0.1, 0.15) is 27.2 Å². The van der Waals surface area contributed by atoms with E-state index in [2.05, 4.69) is 17.2 Å². The average Bonchev–Trinajstić information content (AvgIpc) is 1.99. The van der Waals surface area contributed by atoms with Crippen molar-refractivity contribution in [1.82, 2.24) is 5.32 Å². The summed E-state index contributed by atoms with van der Waals surface area (Å²) in [6.07, 6.45) is -0.789. The molecule has 0 spiro atoms. The Morgan fingerprint density at radius 2 is 1.93 bits per heavy atom. The number of amides is 1. The van der Waals surface area contributed by atoms with Gasteiger partial charge in [-0.25, -0.2) is 4.79 Å². The number of carbonyl (C=O) groups excluding carboxylic acids is 1. The first kappa shape index (κ1) is 13.3. The van der Waals surface area contributed by atoms with E-state index < -0.39 is 17.7 Å². The van der Waals surface area contributed by atoms with Crippen LogP contribution >= 0.6 is 0 Å². The molecule has 0 radical (unpaired) electrons. The highest BCUT2D eigenvalue weighted by Gasteiger charge is 2.14. The number of carboxylic acid groups (broad SMARTS) is 1. The van der Waals surface area contributed by atoms with Crippen molar-refractivity contribution in [3.05, 3.63) is 0 Å². The molecule has 5 nitrogen and oxygen atoms in total. The molecule has 0 heterocycles. The maximum Gasteiger partial charge on any atom is 0.408 e. The van der Waals surface area contributed by atoms with E-state index in [0.29, 0.717) is 0 Å². The fourth-order valence-electron chi connectivity index (χ4n) is 0.631.